The molecular formula is C13H16FN3O. The van der Waals surface area contributed by atoms with Gasteiger partial charge in [-0.3, -0.25) is 0 Å². The third-order valence-electron chi connectivity index (χ3n) is 2.78. The number of nitrogens with one attached hydrogen (secondary N) is 1. The molecule has 1 aromatic heterocycles. The van der Waals surface area contributed by atoms with Gasteiger partial charge in [-0.1, -0.05) is 6.07 Å². The Hall–Kier alpha value is -2.04. The molecule has 0 aliphatic carbocycles. The molecule has 0 saturated heterocycles. The highest BCUT2D eigenvalue weighted by atomic mass is 19.1. The van der Waals surface area contributed by atoms with Crippen LogP contribution in [-0.2, 0) is 13.6 Å². The molecule has 0 unspecified atom stereocenters. The van der Waals surface area contributed by atoms with Crippen LogP contribution in [0.4, 0.5) is 10.1 Å². The van der Waals surface area contributed by atoms with Crippen LogP contribution in [0.5, 0.6) is 5.88 Å². The van der Waals surface area contributed by atoms with E-state index in [1.165, 1.54) is 12.1 Å². The zero-order valence-corrected chi connectivity index (χ0v) is 10.7. The van der Waals surface area contributed by atoms with Gasteiger partial charge in [0.2, 0.25) is 5.88 Å². The van der Waals surface area contributed by atoms with Crippen molar-refractivity contribution in [1.82, 2.24) is 9.78 Å². The molecule has 1 N–H and O–H groups in total. The fraction of sp³-hybridized carbons (Fsp3) is 0.308. The van der Waals surface area contributed by atoms with Crippen LogP contribution >= 0.6 is 0 Å². The maximum Gasteiger partial charge on any atom is 0.216 e. The lowest BCUT2D eigenvalue weighted by Gasteiger charge is -2.08. The average molecular weight is 249 g/mol. The first-order chi connectivity index (χ1) is 8.61. The van der Waals surface area contributed by atoms with Crippen molar-refractivity contribution >= 4 is 5.69 Å². The van der Waals surface area contributed by atoms with Crippen LogP contribution in [0.2, 0.25) is 0 Å². The summed E-state index contributed by atoms with van der Waals surface area (Å²) in [5.41, 5.74) is 2.61. The van der Waals surface area contributed by atoms with E-state index in [0.29, 0.717) is 6.54 Å². The Morgan fingerprint density at radius 1 is 1.44 bits per heavy atom. The van der Waals surface area contributed by atoms with E-state index < -0.39 is 0 Å². The number of methoxy groups -OCH3 is 1. The number of benzene rings is 1. The molecule has 1 aromatic carbocycles. The molecule has 96 valence electrons. The first-order valence-corrected chi connectivity index (χ1v) is 5.67. The SMILES string of the molecule is COc1c(CNc2cccc(F)c2)c(C)nn1C. The number of halogens is 1. The molecule has 0 atom stereocenters. The number of aromatic nitrogens is 2. The van der Waals surface area contributed by atoms with Crippen LogP contribution in [0.25, 0.3) is 0 Å². The number of nitrogens with zero attached hydrogens (tertiary/aromatic N) is 2. The van der Waals surface area contributed by atoms with E-state index in [1.807, 2.05) is 20.0 Å². The fourth-order valence-electron chi connectivity index (χ4n) is 1.93. The van der Waals surface area contributed by atoms with Crippen molar-refractivity contribution in [3.05, 3.63) is 41.3 Å². The van der Waals surface area contributed by atoms with Gasteiger partial charge < -0.3 is 10.1 Å². The van der Waals surface area contributed by atoms with Gasteiger partial charge in [0.15, 0.2) is 0 Å². The van der Waals surface area contributed by atoms with Gasteiger partial charge in [-0.25, -0.2) is 9.07 Å². The lowest BCUT2D eigenvalue weighted by molar-refractivity contribution is 0.370. The van der Waals surface area contributed by atoms with E-state index in [1.54, 1.807) is 17.9 Å². The highest BCUT2D eigenvalue weighted by Crippen LogP contribution is 2.22. The summed E-state index contributed by atoms with van der Waals surface area (Å²) in [6, 6.07) is 6.37. The van der Waals surface area contributed by atoms with Gasteiger partial charge >= 0.3 is 0 Å². The summed E-state index contributed by atoms with van der Waals surface area (Å²) in [6.45, 7) is 2.47. The molecule has 4 nitrogen and oxygen atoms in total. The second-order valence-corrected chi connectivity index (χ2v) is 4.06. The van der Waals surface area contributed by atoms with Crippen molar-refractivity contribution in [2.24, 2.45) is 7.05 Å². The molecule has 0 aliphatic rings. The Morgan fingerprint density at radius 2 is 2.22 bits per heavy atom. The van der Waals surface area contributed by atoms with E-state index in [4.69, 9.17) is 4.74 Å². The monoisotopic (exact) mass is 249 g/mol. The van der Waals surface area contributed by atoms with Crippen molar-refractivity contribution in [2.45, 2.75) is 13.5 Å². The lowest BCUT2D eigenvalue weighted by atomic mass is 10.2. The largest absolute Gasteiger partial charge is 0.481 e. The molecule has 18 heavy (non-hydrogen) atoms. The first kappa shape index (κ1) is 12.4. The Labute approximate surface area is 105 Å². The normalized spacial score (nSPS) is 10.4. The number of aryl methyl sites for hydroxylation is 2. The molecule has 0 radical (unpaired) electrons. The van der Waals surface area contributed by atoms with Crippen molar-refractivity contribution in [3.63, 3.8) is 0 Å². The van der Waals surface area contributed by atoms with Crippen LogP contribution in [0.1, 0.15) is 11.3 Å². The van der Waals surface area contributed by atoms with Gasteiger partial charge in [0, 0.05) is 19.3 Å². The van der Waals surface area contributed by atoms with Gasteiger partial charge in [-0.15, -0.1) is 0 Å². The summed E-state index contributed by atoms with van der Waals surface area (Å²) in [7, 11) is 3.44. The number of rotatable bonds is 4. The molecule has 0 saturated carbocycles. The highest BCUT2D eigenvalue weighted by molar-refractivity contribution is 5.45. The number of hydrogen-bond donors (Lipinski definition) is 1. The Kier molecular flexibility index (Phi) is 3.50. The molecule has 2 aromatic rings. The van der Waals surface area contributed by atoms with E-state index in [-0.39, 0.29) is 5.82 Å². The summed E-state index contributed by atoms with van der Waals surface area (Å²) in [5.74, 6) is 0.464. The molecule has 2 rings (SSSR count). The predicted octanol–water partition coefficient (Wildman–Crippen LogP) is 2.49. The molecule has 0 fully saturated rings. The summed E-state index contributed by atoms with van der Waals surface area (Å²) < 4.78 is 20.0. The number of ether oxygens (including phenoxy) is 1. The zero-order valence-electron chi connectivity index (χ0n) is 10.7. The van der Waals surface area contributed by atoms with E-state index in [2.05, 4.69) is 10.4 Å². The third-order valence-corrected chi connectivity index (χ3v) is 2.78. The molecule has 0 amide bonds. The minimum atomic E-state index is -0.255. The topological polar surface area (TPSA) is 39.1 Å². The number of anilines is 1. The Bertz CT molecular complexity index is 551. The van der Waals surface area contributed by atoms with Crippen LogP contribution < -0.4 is 10.1 Å². The standard InChI is InChI=1S/C13H16FN3O/c1-9-12(13(18-3)17(2)16-9)8-15-11-6-4-5-10(14)7-11/h4-7,15H,8H2,1-3H3. The number of hydrogen-bond acceptors (Lipinski definition) is 3. The smallest absolute Gasteiger partial charge is 0.216 e. The van der Waals surface area contributed by atoms with Gasteiger partial charge in [-0.05, 0) is 25.1 Å². The van der Waals surface area contributed by atoms with Gasteiger partial charge in [-0.2, -0.15) is 5.10 Å². The van der Waals surface area contributed by atoms with Crippen LogP contribution in [0, 0.1) is 12.7 Å². The molecule has 0 bridgehead atoms. The summed E-state index contributed by atoms with van der Waals surface area (Å²) in [4.78, 5) is 0. The fourth-order valence-corrected chi connectivity index (χ4v) is 1.93. The molecule has 5 heteroatoms. The van der Waals surface area contributed by atoms with Gasteiger partial charge in [0.25, 0.3) is 0 Å². The maximum atomic E-state index is 13.0. The maximum absolute atomic E-state index is 13.0. The Balaban J connectivity index is 2.15. The Morgan fingerprint density at radius 3 is 2.89 bits per heavy atom. The van der Waals surface area contributed by atoms with E-state index in [9.17, 15) is 4.39 Å². The quantitative estimate of drug-likeness (QED) is 0.904. The third kappa shape index (κ3) is 2.45. The van der Waals surface area contributed by atoms with Crippen molar-refractivity contribution in [2.75, 3.05) is 12.4 Å². The molecule has 0 aliphatic heterocycles. The van der Waals surface area contributed by atoms with Crippen LogP contribution in [0.3, 0.4) is 0 Å². The van der Waals surface area contributed by atoms with Crippen LogP contribution in [-0.4, -0.2) is 16.9 Å². The van der Waals surface area contributed by atoms with Gasteiger partial charge in [0.1, 0.15) is 5.82 Å². The van der Waals surface area contributed by atoms with E-state index in [0.717, 1.165) is 22.8 Å². The highest BCUT2D eigenvalue weighted by Gasteiger charge is 2.13. The second-order valence-electron chi connectivity index (χ2n) is 4.06. The predicted molar refractivity (Wildman–Crippen MR) is 68.2 cm³/mol. The van der Waals surface area contributed by atoms with Crippen molar-refractivity contribution in [3.8, 4) is 5.88 Å². The van der Waals surface area contributed by atoms with Crippen molar-refractivity contribution < 1.29 is 9.13 Å². The summed E-state index contributed by atoms with van der Waals surface area (Å²) in [5, 5.41) is 7.45. The zero-order chi connectivity index (χ0) is 13.1. The average Bonchev–Trinajstić information content (AvgIpc) is 2.60. The summed E-state index contributed by atoms with van der Waals surface area (Å²) in [6.07, 6.45) is 0. The first-order valence-electron chi connectivity index (χ1n) is 5.67. The molecular weight excluding hydrogens is 233 g/mol. The van der Waals surface area contributed by atoms with E-state index >= 15 is 0 Å². The van der Waals surface area contributed by atoms with Gasteiger partial charge in [0.05, 0.1) is 18.4 Å². The summed E-state index contributed by atoms with van der Waals surface area (Å²) >= 11 is 0. The minimum Gasteiger partial charge on any atom is -0.481 e. The van der Waals surface area contributed by atoms with Crippen molar-refractivity contribution in [1.29, 1.82) is 0 Å². The lowest BCUT2D eigenvalue weighted by Crippen LogP contribution is -2.03. The second kappa shape index (κ2) is 5.08. The van der Waals surface area contributed by atoms with Crippen LogP contribution in [0.15, 0.2) is 24.3 Å². The minimum absolute atomic E-state index is 0.255. The molecule has 0 spiro atoms. The molecule has 1 heterocycles.